The van der Waals surface area contributed by atoms with E-state index in [1.807, 2.05) is 30.3 Å². The second kappa shape index (κ2) is 6.62. The Hall–Kier alpha value is -1.73. The van der Waals surface area contributed by atoms with Crippen molar-refractivity contribution in [3.63, 3.8) is 0 Å². The number of nitrogens with one attached hydrogen (secondary N) is 2. The van der Waals surface area contributed by atoms with Crippen LogP contribution in [-0.2, 0) is 11.3 Å². The maximum Gasteiger partial charge on any atom is 0.233 e. The van der Waals surface area contributed by atoms with Crippen molar-refractivity contribution in [2.24, 2.45) is 0 Å². The molecule has 2 heterocycles. The Morgan fingerprint density at radius 3 is 2.95 bits per heavy atom. The van der Waals surface area contributed by atoms with Gasteiger partial charge in [0.2, 0.25) is 5.91 Å². The van der Waals surface area contributed by atoms with E-state index in [-0.39, 0.29) is 5.91 Å². The van der Waals surface area contributed by atoms with Crippen molar-refractivity contribution in [3.8, 4) is 0 Å². The standard InChI is InChI=1S/C13H19N5OS/c1-4-15-12-9-5-6-20-13(9)17-10(16-12)7-18(3)8-11(19)14-2/h5-6H,4,7-8H2,1-3H3,(H,14,19)(H,15,16,17). The first-order valence-corrected chi connectivity index (χ1v) is 7.39. The number of amides is 1. The Labute approximate surface area is 122 Å². The van der Waals surface area contributed by atoms with Gasteiger partial charge in [0.05, 0.1) is 18.5 Å². The molecule has 0 saturated heterocycles. The third-order valence-corrected chi connectivity index (χ3v) is 3.63. The molecule has 2 aromatic heterocycles. The van der Waals surface area contributed by atoms with Gasteiger partial charge in [0.25, 0.3) is 0 Å². The molecule has 0 aliphatic heterocycles. The molecule has 2 N–H and O–H groups in total. The molecule has 0 aromatic carbocycles. The summed E-state index contributed by atoms with van der Waals surface area (Å²) in [5, 5.41) is 8.93. The summed E-state index contributed by atoms with van der Waals surface area (Å²) in [6.07, 6.45) is 0. The normalized spacial score (nSPS) is 11.0. The average Bonchev–Trinajstić information content (AvgIpc) is 2.87. The number of anilines is 1. The quantitative estimate of drug-likeness (QED) is 0.840. The zero-order valence-electron chi connectivity index (χ0n) is 11.9. The lowest BCUT2D eigenvalue weighted by atomic mass is 10.3. The van der Waals surface area contributed by atoms with E-state index in [4.69, 9.17) is 0 Å². The van der Waals surface area contributed by atoms with Crippen LogP contribution in [0.4, 0.5) is 5.82 Å². The topological polar surface area (TPSA) is 70.2 Å². The molecule has 0 radical (unpaired) electrons. The maximum atomic E-state index is 11.3. The number of carbonyl (C=O) groups is 1. The molecule has 1 amide bonds. The number of hydrogen-bond donors (Lipinski definition) is 2. The van der Waals surface area contributed by atoms with Crippen LogP contribution < -0.4 is 10.6 Å². The van der Waals surface area contributed by atoms with Crippen LogP contribution in [0.5, 0.6) is 0 Å². The number of aromatic nitrogens is 2. The van der Waals surface area contributed by atoms with Crippen molar-refractivity contribution in [2.45, 2.75) is 13.5 Å². The molecular weight excluding hydrogens is 274 g/mol. The Morgan fingerprint density at radius 2 is 2.25 bits per heavy atom. The molecule has 0 bridgehead atoms. The largest absolute Gasteiger partial charge is 0.370 e. The van der Waals surface area contributed by atoms with Crippen molar-refractivity contribution in [1.29, 1.82) is 0 Å². The van der Waals surface area contributed by atoms with Crippen LogP contribution >= 0.6 is 11.3 Å². The van der Waals surface area contributed by atoms with E-state index in [1.54, 1.807) is 18.4 Å². The Morgan fingerprint density at radius 1 is 1.45 bits per heavy atom. The van der Waals surface area contributed by atoms with Crippen LogP contribution in [0.25, 0.3) is 10.2 Å². The van der Waals surface area contributed by atoms with Crippen LogP contribution in [0.1, 0.15) is 12.7 Å². The average molecular weight is 293 g/mol. The molecule has 0 aliphatic carbocycles. The molecular formula is C13H19N5OS. The van der Waals surface area contributed by atoms with Gasteiger partial charge in [-0.15, -0.1) is 11.3 Å². The van der Waals surface area contributed by atoms with Crippen molar-refractivity contribution in [1.82, 2.24) is 20.2 Å². The van der Waals surface area contributed by atoms with Gasteiger partial charge < -0.3 is 10.6 Å². The van der Waals surface area contributed by atoms with Gasteiger partial charge in [-0.3, -0.25) is 9.69 Å². The fourth-order valence-corrected chi connectivity index (χ4v) is 2.68. The molecule has 2 rings (SSSR count). The minimum atomic E-state index is -0.0170. The van der Waals surface area contributed by atoms with Gasteiger partial charge in [-0.25, -0.2) is 9.97 Å². The Kier molecular flexibility index (Phi) is 4.86. The highest BCUT2D eigenvalue weighted by Crippen LogP contribution is 2.25. The van der Waals surface area contributed by atoms with Gasteiger partial charge in [0.15, 0.2) is 0 Å². The van der Waals surface area contributed by atoms with E-state index in [9.17, 15) is 4.79 Å². The summed E-state index contributed by atoms with van der Waals surface area (Å²) in [4.78, 5) is 23.3. The van der Waals surface area contributed by atoms with Crippen molar-refractivity contribution >= 4 is 33.3 Å². The van der Waals surface area contributed by atoms with E-state index in [0.29, 0.717) is 13.1 Å². The summed E-state index contributed by atoms with van der Waals surface area (Å²) in [5.74, 6) is 1.57. The highest BCUT2D eigenvalue weighted by Gasteiger charge is 2.11. The minimum absolute atomic E-state index is 0.0170. The van der Waals surface area contributed by atoms with E-state index in [0.717, 1.165) is 28.4 Å². The predicted molar refractivity (Wildman–Crippen MR) is 82.0 cm³/mol. The first-order valence-electron chi connectivity index (χ1n) is 6.51. The molecule has 2 aromatic rings. The van der Waals surface area contributed by atoms with Gasteiger partial charge in [0.1, 0.15) is 16.5 Å². The number of rotatable bonds is 6. The highest BCUT2D eigenvalue weighted by atomic mass is 32.1. The lowest BCUT2D eigenvalue weighted by molar-refractivity contribution is -0.121. The SMILES string of the molecule is CCNc1nc(CN(C)CC(=O)NC)nc2sccc12. The van der Waals surface area contributed by atoms with E-state index >= 15 is 0 Å². The fraction of sp³-hybridized carbons (Fsp3) is 0.462. The first kappa shape index (κ1) is 14.7. The monoisotopic (exact) mass is 293 g/mol. The molecule has 0 fully saturated rings. The van der Waals surface area contributed by atoms with E-state index < -0.39 is 0 Å². The summed E-state index contributed by atoms with van der Waals surface area (Å²) in [5.41, 5.74) is 0. The molecule has 0 atom stereocenters. The molecule has 0 unspecified atom stereocenters. The number of likely N-dealkylation sites (N-methyl/N-ethyl adjacent to an activating group) is 2. The van der Waals surface area contributed by atoms with Crippen LogP contribution in [-0.4, -0.2) is 48.0 Å². The van der Waals surface area contributed by atoms with Gasteiger partial charge in [-0.1, -0.05) is 0 Å². The fourth-order valence-electron chi connectivity index (χ4n) is 1.89. The molecule has 6 nitrogen and oxygen atoms in total. The zero-order chi connectivity index (χ0) is 14.5. The lowest BCUT2D eigenvalue weighted by Gasteiger charge is -2.15. The van der Waals surface area contributed by atoms with Crippen molar-refractivity contribution in [2.75, 3.05) is 32.5 Å². The zero-order valence-corrected chi connectivity index (χ0v) is 12.8. The molecule has 0 spiro atoms. The molecule has 0 aliphatic rings. The highest BCUT2D eigenvalue weighted by molar-refractivity contribution is 7.16. The number of thiophene rings is 1. The lowest BCUT2D eigenvalue weighted by Crippen LogP contribution is -2.33. The smallest absolute Gasteiger partial charge is 0.233 e. The van der Waals surface area contributed by atoms with E-state index in [1.165, 1.54) is 0 Å². The summed E-state index contributed by atoms with van der Waals surface area (Å²) < 4.78 is 0. The Bertz CT molecular complexity index is 597. The maximum absolute atomic E-state index is 11.3. The summed E-state index contributed by atoms with van der Waals surface area (Å²) in [6.45, 7) is 3.73. The van der Waals surface area contributed by atoms with Gasteiger partial charge in [0, 0.05) is 13.6 Å². The second-order valence-corrected chi connectivity index (χ2v) is 5.40. The van der Waals surface area contributed by atoms with Crippen LogP contribution in [0, 0.1) is 0 Å². The second-order valence-electron chi connectivity index (χ2n) is 4.50. The molecule has 0 saturated carbocycles. The Balaban J connectivity index is 2.19. The van der Waals surface area contributed by atoms with Crippen LogP contribution in [0.3, 0.4) is 0 Å². The number of hydrogen-bond acceptors (Lipinski definition) is 6. The minimum Gasteiger partial charge on any atom is -0.370 e. The van der Waals surface area contributed by atoms with E-state index in [2.05, 4.69) is 20.6 Å². The summed E-state index contributed by atoms with van der Waals surface area (Å²) in [6, 6.07) is 2.02. The molecule has 7 heteroatoms. The summed E-state index contributed by atoms with van der Waals surface area (Å²) >= 11 is 1.60. The predicted octanol–water partition coefficient (Wildman–Crippen LogP) is 1.30. The molecule has 20 heavy (non-hydrogen) atoms. The third kappa shape index (κ3) is 3.43. The van der Waals surface area contributed by atoms with Crippen LogP contribution in [0.2, 0.25) is 0 Å². The number of nitrogens with zero attached hydrogens (tertiary/aromatic N) is 3. The van der Waals surface area contributed by atoms with Gasteiger partial charge in [-0.2, -0.15) is 0 Å². The summed E-state index contributed by atoms with van der Waals surface area (Å²) in [7, 11) is 3.51. The van der Waals surface area contributed by atoms with Crippen molar-refractivity contribution < 1.29 is 4.79 Å². The third-order valence-electron chi connectivity index (χ3n) is 2.82. The van der Waals surface area contributed by atoms with Crippen molar-refractivity contribution in [3.05, 3.63) is 17.3 Å². The first-order chi connectivity index (χ1) is 9.63. The van der Waals surface area contributed by atoms with Gasteiger partial charge >= 0.3 is 0 Å². The van der Waals surface area contributed by atoms with Gasteiger partial charge in [-0.05, 0) is 25.4 Å². The number of fused-ring (bicyclic) bond motifs is 1. The van der Waals surface area contributed by atoms with Crippen LogP contribution in [0.15, 0.2) is 11.4 Å². The number of carbonyl (C=O) groups excluding carboxylic acids is 1. The molecule has 108 valence electrons.